The normalized spacial score (nSPS) is 21.4. The van der Waals surface area contributed by atoms with Gasteiger partial charge in [-0.2, -0.15) is 0 Å². The molecular weight excluding hydrogens is 878 g/mol. The average molecular weight is 947 g/mol. The number of benzene rings is 3. The number of anilines is 2. The zero-order chi connectivity index (χ0) is 48.4. The summed E-state index contributed by atoms with van der Waals surface area (Å²) in [5.74, 6) is -2.02. The molecule has 0 bridgehead atoms. The number of phenolic OH excluding ortho intramolecular Hbond substituents is 2. The standard InChI is InChI=1S/C55H68ClN5O7/c1-54(2)41-23-12-14-25-43(41)59(5)47(54)27-20-28-48-55(3,4)42-24-13-15-26-44(42)61(48)34-19-16-29-49(64)57-31-30-39-22-11-8-6-7-10-21-38(58-67-37-50(65)60-32-17-9-18-33-60)35-40-51(53(66)68-39)45(62)36-46(63)52(40)56/h8,10-15,20-21,23-28,35-36,39,47,58,62-63H,6-7,9,16-19,22,29-34,37H2,1-5H3,(H,57,64)/b11-8?,21-10?,27-20?,38-35-,48-28?. The first kappa shape index (κ1) is 49.9. The molecule has 2 unspecified atom stereocenters. The first-order chi connectivity index (χ1) is 32.7. The van der Waals surface area contributed by atoms with E-state index >= 15 is 0 Å². The van der Waals surface area contributed by atoms with Gasteiger partial charge in [0.2, 0.25) is 5.91 Å². The maximum atomic E-state index is 13.9. The number of phenols is 2. The van der Waals surface area contributed by atoms with Gasteiger partial charge in [0.15, 0.2) is 6.61 Å². The number of allylic oxidation sites excluding steroid dienone is 6. The third-order valence-corrected chi connectivity index (χ3v) is 14.2. The van der Waals surface area contributed by atoms with E-state index in [1.54, 1.807) is 11.0 Å². The van der Waals surface area contributed by atoms with E-state index in [0.29, 0.717) is 57.3 Å². The van der Waals surface area contributed by atoms with Crippen molar-refractivity contribution in [3.63, 3.8) is 0 Å². The highest BCUT2D eigenvalue weighted by molar-refractivity contribution is 6.34. The summed E-state index contributed by atoms with van der Waals surface area (Å²) in [6.45, 7) is 11.4. The molecule has 1 fully saturated rings. The molecule has 7 rings (SSSR count). The summed E-state index contributed by atoms with van der Waals surface area (Å²) < 4.78 is 5.98. The van der Waals surface area contributed by atoms with Crippen molar-refractivity contribution in [2.75, 3.05) is 49.6 Å². The summed E-state index contributed by atoms with van der Waals surface area (Å²) in [6, 6.07) is 18.5. The van der Waals surface area contributed by atoms with Crippen molar-refractivity contribution in [3.8, 4) is 11.5 Å². The van der Waals surface area contributed by atoms with Crippen molar-refractivity contribution >= 4 is 46.8 Å². The van der Waals surface area contributed by atoms with E-state index in [1.807, 2.05) is 18.2 Å². The molecular formula is C55H68ClN5O7. The zero-order valence-electron chi connectivity index (χ0n) is 40.2. The van der Waals surface area contributed by atoms with Crippen LogP contribution in [0.15, 0.2) is 109 Å². The van der Waals surface area contributed by atoms with Crippen LogP contribution in [0.1, 0.15) is 119 Å². The molecule has 0 aromatic heterocycles. The first-order valence-corrected chi connectivity index (χ1v) is 24.6. The van der Waals surface area contributed by atoms with Crippen molar-refractivity contribution in [2.45, 2.75) is 115 Å². The molecule has 68 heavy (non-hydrogen) atoms. The number of nitrogens with zero attached hydrogens (tertiary/aromatic N) is 3. The van der Waals surface area contributed by atoms with E-state index in [0.717, 1.165) is 38.3 Å². The summed E-state index contributed by atoms with van der Waals surface area (Å²) in [5.41, 5.74) is 9.00. The minimum Gasteiger partial charge on any atom is -0.507 e. The molecule has 3 aromatic rings. The van der Waals surface area contributed by atoms with Crippen molar-refractivity contribution in [3.05, 3.63) is 136 Å². The number of nitrogens with one attached hydrogen (secondary N) is 2. The molecule has 1 saturated heterocycles. The summed E-state index contributed by atoms with van der Waals surface area (Å²) >= 11 is 6.57. The molecule has 4 heterocycles. The number of amides is 2. The molecule has 3 aromatic carbocycles. The average Bonchev–Trinajstić information content (AvgIpc) is 3.65. The Balaban J connectivity index is 0.952. The number of hydrogen-bond donors (Lipinski definition) is 4. The lowest BCUT2D eigenvalue weighted by Crippen LogP contribution is -2.39. The number of likely N-dealkylation sites (tertiary alicyclic amines) is 1. The van der Waals surface area contributed by atoms with Crippen LogP contribution in [0.2, 0.25) is 5.02 Å². The Labute approximate surface area is 407 Å². The van der Waals surface area contributed by atoms with Crippen LogP contribution >= 0.6 is 11.6 Å². The van der Waals surface area contributed by atoms with Crippen LogP contribution in [-0.2, 0) is 30.0 Å². The Morgan fingerprint density at radius 1 is 0.926 bits per heavy atom. The predicted molar refractivity (Wildman–Crippen MR) is 271 cm³/mol. The second kappa shape index (κ2) is 22.4. The van der Waals surface area contributed by atoms with Gasteiger partial charge < -0.3 is 35.0 Å². The van der Waals surface area contributed by atoms with Crippen LogP contribution in [0.25, 0.3) is 6.08 Å². The zero-order valence-corrected chi connectivity index (χ0v) is 41.0. The molecule has 0 aliphatic carbocycles. The van der Waals surface area contributed by atoms with Gasteiger partial charge in [-0.1, -0.05) is 106 Å². The van der Waals surface area contributed by atoms with E-state index < -0.39 is 23.6 Å². The van der Waals surface area contributed by atoms with Gasteiger partial charge in [0, 0.05) is 92.0 Å². The fraction of sp³-hybridized carbons (Fsp3) is 0.436. The Morgan fingerprint density at radius 3 is 2.41 bits per heavy atom. The highest BCUT2D eigenvalue weighted by Crippen LogP contribution is 2.48. The van der Waals surface area contributed by atoms with E-state index in [-0.39, 0.29) is 58.0 Å². The second-order valence-electron chi connectivity index (χ2n) is 19.3. The molecule has 0 spiro atoms. The van der Waals surface area contributed by atoms with Crippen LogP contribution in [0.3, 0.4) is 0 Å². The number of rotatable bonds is 14. The lowest BCUT2D eigenvalue weighted by molar-refractivity contribution is -0.139. The highest BCUT2D eigenvalue weighted by Gasteiger charge is 2.42. The number of para-hydroxylation sites is 2. The van der Waals surface area contributed by atoms with Gasteiger partial charge in [0.1, 0.15) is 23.2 Å². The van der Waals surface area contributed by atoms with Gasteiger partial charge in [-0.15, -0.1) is 0 Å². The highest BCUT2D eigenvalue weighted by atomic mass is 35.5. The van der Waals surface area contributed by atoms with Crippen LogP contribution < -0.4 is 20.6 Å². The van der Waals surface area contributed by atoms with Crippen LogP contribution in [0.4, 0.5) is 11.4 Å². The molecule has 2 atom stereocenters. The molecule has 4 aliphatic rings. The smallest absolute Gasteiger partial charge is 0.342 e. The number of hydroxylamine groups is 1. The van der Waals surface area contributed by atoms with E-state index in [1.165, 1.54) is 34.3 Å². The van der Waals surface area contributed by atoms with Gasteiger partial charge in [0.05, 0.1) is 16.8 Å². The van der Waals surface area contributed by atoms with Crippen molar-refractivity contribution in [1.82, 2.24) is 15.7 Å². The fourth-order valence-electron chi connectivity index (χ4n) is 10.0. The molecule has 13 heteroatoms. The summed E-state index contributed by atoms with van der Waals surface area (Å²) in [6.07, 6.45) is 22.1. The largest absolute Gasteiger partial charge is 0.507 e. The van der Waals surface area contributed by atoms with E-state index in [2.05, 4.69) is 122 Å². The van der Waals surface area contributed by atoms with E-state index in [9.17, 15) is 24.6 Å². The van der Waals surface area contributed by atoms with Crippen molar-refractivity contribution in [1.29, 1.82) is 0 Å². The Kier molecular flexibility index (Phi) is 16.5. The number of cyclic esters (lactones) is 1. The van der Waals surface area contributed by atoms with Crippen LogP contribution in [-0.4, -0.2) is 84.9 Å². The minimum absolute atomic E-state index is 0.0132. The van der Waals surface area contributed by atoms with Gasteiger partial charge in [-0.05, 0) is 86.4 Å². The quantitative estimate of drug-likeness (QED) is 0.0534. The predicted octanol–water partition coefficient (Wildman–Crippen LogP) is 10.2. The molecule has 4 N–H and O–H groups in total. The molecule has 4 aliphatic heterocycles. The number of aromatic hydroxyl groups is 2. The molecule has 2 amide bonds. The van der Waals surface area contributed by atoms with Crippen LogP contribution in [0.5, 0.6) is 11.5 Å². The number of carbonyl (C=O) groups excluding carboxylic acids is 3. The number of carbonyl (C=O) groups is 3. The van der Waals surface area contributed by atoms with Gasteiger partial charge in [0.25, 0.3) is 5.91 Å². The Morgan fingerprint density at radius 2 is 1.65 bits per heavy atom. The van der Waals surface area contributed by atoms with Crippen molar-refractivity contribution in [2.24, 2.45) is 0 Å². The number of fused-ring (bicyclic) bond motifs is 3. The number of piperidine rings is 1. The fourth-order valence-corrected chi connectivity index (χ4v) is 10.2. The molecule has 0 saturated carbocycles. The number of halogens is 1. The molecule has 362 valence electrons. The van der Waals surface area contributed by atoms with Gasteiger partial charge in [-0.3, -0.25) is 19.9 Å². The number of esters is 1. The van der Waals surface area contributed by atoms with Gasteiger partial charge in [-0.25, -0.2) is 4.79 Å². The Bertz CT molecular complexity index is 2470. The monoisotopic (exact) mass is 945 g/mol. The lowest BCUT2D eigenvalue weighted by atomic mass is 9.80. The number of ether oxygens (including phenoxy) is 1. The summed E-state index contributed by atoms with van der Waals surface area (Å²) in [7, 11) is 2.17. The van der Waals surface area contributed by atoms with Crippen LogP contribution in [0, 0.1) is 0 Å². The van der Waals surface area contributed by atoms with E-state index in [4.69, 9.17) is 21.2 Å². The number of hydrogen-bond acceptors (Lipinski definition) is 10. The molecule has 0 radical (unpaired) electrons. The third-order valence-electron chi connectivity index (χ3n) is 13.8. The van der Waals surface area contributed by atoms with Gasteiger partial charge >= 0.3 is 5.97 Å². The maximum Gasteiger partial charge on any atom is 0.342 e. The third kappa shape index (κ3) is 11.5. The van der Waals surface area contributed by atoms with Crippen molar-refractivity contribution < 1.29 is 34.2 Å². The lowest BCUT2D eigenvalue weighted by Gasteiger charge is -2.30. The minimum atomic E-state index is -0.849. The molecule has 12 nitrogen and oxygen atoms in total. The summed E-state index contributed by atoms with van der Waals surface area (Å²) in [5, 5.41) is 24.4. The second-order valence-corrected chi connectivity index (χ2v) is 19.7. The first-order valence-electron chi connectivity index (χ1n) is 24.2. The maximum absolute atomic E-state index is 13.9. The number of unbranched alkanes of at least 4 members (excludes halogenated alkanes) is 1. The SMILES string of the molecule is CN1c2ccccc2C(C)(C)C1C=CC=C1N(CCCCC(=O)NCCC2CC=CCCC=C/C(NOCC(=O)N3CCCCC3)=C/c3c(Cl)c(O)cc(O)c3C(=O)O2)c2ccccc2C1(C)C. The topological polar surface area (TPSA) is 144 Å². The Hall–Kier alpha value is -5.98. The summed E-state index contributed by atoms with van der Waals surface area (Å²) in [4.78, 5) is 52.0. The number of likely N-dealkylation sites (N-methyl/N-ethyl adjacent to an activating group) is 1.